The van der Waals surface area contributed by atoms with E-state index in [0.717, 1.165) is 31.5 Å². The molecule has 5 nitrogen and oxygen atoms in total. The van der Waals surface area contributed by atoms with Crippen LogP contribution < -0.4 is 0 Å². The maximum absolute atomic E-state index is 12.5. The highest BCUT2D eigenvalue weighted by Gasteiger charge is 2.43. The van der Waals surface area contributed by atoms with Crippen molar-refractivity contribution in [2.75, 3.05) is 27.2 Å². The number of likely N-dealkylation sites (N-methyl/N-ethyl adjacent to an activating group) is 1. The molecule has 1 amide bonds. The average Bonchev–Trinajstić information content (AvgIpc) is 2.96. The van der Waals surface area contributed by atoms with Crippen molar-refractivity contribution in [3.8, 4) is 5.75 Å². The van der Waals surface area contributed by atoms with Crippen LogP contribution in [0.5, 0.6) is 5.75 Å². The number of aryl methyl sites for hydroxylation is 1. The Kier molecular flexibility index (Phi) is 5.11. The molecule has 0 unspecified atom stereocenters. The fourth-order valence-electron chi connectivity index (χ4n) is 4.24. The van der Waals surface area contributed by atoms with E-state index < -0.39 is 0 Å². The van der Waals surface area contributed by atoms with Gasteiger partial charge in [-0.05, 0) is 62.9 Å². The van der Waals surface area contributed by atoms with Crippen molar-refractivity contribution in [1.29, 1.82) is 0 Å². The number of nitrogens with zero attached hydrogens (tertiary/aromatic N) is 2. The lowest BCUT2D eigenvalue weighted by atomic mass is 9.77. The first-order valence-corrected chi connectivity index (χ1v) is 8.84. The van der Waals surface area contributed by atoms with Gasteiger partial charge < -0.3 is 20.0 Å². The number of hydrogen-bond donors (Lipinski definition) is 2. The van der Waals surface area contributed by atoms with Crippen molar-refractivity contribution in [3.63, 3.8) is 0 Å². The standard InChI is InChI=1S/C19H28N2O3/c1-20(2)17-9-14-11-21(12-15(14)10-18(17)23)19(24)8-5-13-3-6-16(22)7-4-13/h3-4,6-7,14-15,17-18,22-23H,5,8-12H2,1-2H3/t14-,15+,17-,18-/m1/s1. The van der Waals surface area contributed by atoms with E-state index in [1.165, 1.54) is 0 Å². The van der Waals surface area contributed by atoms with Gasteiger partial charge in [0.05, 0.1) is 6.10 Å². The van der Waals surface area contributed by atoms with Gasteiger partial charge in [-0.2, -0.15) is 0 Å². The molecule has 4 atom stereocenters. The number of phenols is 1. The van der Waals surface area contributed by atoms with Crippen LogP contribution in [0.2, 0.25) is 0 Å². The van der Waals surface area contributed by atoms with Gasteiger partial charge in [0.25, 0.3) is 0 Å². The highest BCUT2D eigenvalue weighted by molar-refractivity contribution is 5.76. The number of hydrogen-bond acceptors (Lipinski definition) is 4. The number of carbonyl (C=O) groups is 1. The fourth-order valence-corrected chi connectivity index (χ4v) is 4.24. The smallest absolute Gasteiger partial charge is 0.222 e. The van der Waals surface area contributed by atoms with E-state index >= 15 is 0 Å². The minimum Gasteiger partial charge on any atom is -0.508 e. The Morgan fingerprint density at radius 2 is 1.79 bits per heavy atom. The van der Waals surface area contributed by atoms with Gasteiger partial charge in [0.15, 0.2) is 0 Å². The van der Waals surface area contributed by atoms with E-state index in [2.05, 4.69) is 4.90 Å². The molecule has 2 fully saturated rings. The van der Waals surface area contributed by atoms with Crippen molar-refractivity contribution >= 4 is 5.91 Å². The Morgan fingerprint density at radius 1 is 1.17 bits per heavy atom. The molecule has 1 aromatic carbocycles. The predicted molar refractivity (Wildman–Crippen MR) is 92.7 cm³/mol. The second-order valence-electron chi connectivity index (χ2n) is 7.56. The quantitative estimate of drug-likeness (QED) is 0.877. The molecule has 1 aliphatic carbocycles. The third kappa shape index (κ3) is 3.73. The summed E-state index contributed by atoms with van der Waals surface area (Å²) in [7, 11) is 4.04. The molecule has 3 rings (SSSR count). The highest BCUT2D eigenvalue weighted by atomic mass is 16.3. The molecule has 5 heteroatoms. The van der Waals surface area contributed by atoms with E-state index in [1.807, 2.05) is 31.1 Å². The van der Waals surface area contributed by atoms with Crippen LogP contribution in [0.4, 0.5) is 0 Å². The van der Waals surface area contributed by atoms with Gasteiger partial charge in [0.1, 0.15) is 5.75 Å². The number of aromatic hydroxyl groups is 1. The van der Waals surface area contributed by atoms with E-state index in [-0.39, 0.29) is 23.8 Å². The van der Waals surface area contributed by atoms with Crippen LogP contribution in [0.1, 0.15) is 24.8 Å². The molecule has 1 saturated carbocycles. The Balaban J connectivity index is 1.53. The van der Waals surface area contributed by atoms with Crippen LogP contribution in [0.15, 0.2) is 24.3 Å². The van der Waals surface area contributed by atoms with Crippen molar-refractivity contribution in [2.45, 2.75) is 37.8 Å². The molecule has 0 spiro atoms. The molecule has 1 saturated heterocycles. The largest absolute Gasteiger partial charge is 0.508 e. The topological polar surface area (TPSA) is 64.0 Å². The highest BCUT2D eigenvalue weighted by Crippen LogP contribution is 2.38. The van der Waals surface area contributed by atoms with Gasteiger partial charge in [0, 0.05) is 25.6 Å². The van der Waals surface area contributed by atoms with Crippen LogP contribution in [0, 0.1) is 11.8 Å². The number of likely N-dealkylation sites (tertiary alicyclic amines) is 1. The fraction of sp³-hybridized carbons (Fsp3) is 0.632. The van der Waals surface area contributed by atoms with E-state index in [4.69, 9.17) is 0 Å². The van der Waals surface area contributed by atoms with E-state index in [9.17, 15) is 15.0 Å². The molecular weight excluding hydrogens is 304 g/mol. The van der Waals surface area contributed by atoms with Crippen LogP contribution in [0.3, 0.4) is 0 Å². The molecular formula is C19H28N2O3. The lowest BCUT2D eigenvalue weighted by Crippen LogP contribution is -2.46. The summed E-state index contributed by atoms with van der Waals surface area (Å²) in [4.78, 5) is 16.6. The summed E-state index contributed by atoms with van der Waals surface area (Å²) in [6.45, 7) is 1.62. The lowest BCUT2D eigenvalue weighted by molar-refractivity contribution is -0.130. The lowest BCUT2D eigenvalue weighted by Gasteiger charge is -2.38. The Morgan fingerprint density at radius 3 is 2.42 bits per heavy atom. The summed E-state index contributed by atoms with van der Waals surface area (Å²) in [5, 5.41) is 19.6. The number of aliphatic hydroxyl groups is 1. The molecule has 0 aromatic heterocycles. The number of rotatable bonds is 4. The molecule has 1 aromatic rings. The first-order valence-electron chi connectivity index (χ1n) is 8.84. The minimum absolute atomic E-state index is 0.202. The van der Waals surface area contributed by atoms with Crippen molar-refractivity contribution < 1.29 is 15.0 Å². The Bertz CT molecular complexity index is 572. The summed E-state index contributed by atoms with van der Waals surface area (Å²) >= 11 is 0. The second kappa shape index (κ2) is 7.11. The normalized spacial score (nSPS) is 29.8. The van der Waals surface area contributed by atoms with Crippen LogP contribution in [-0.2, 0) is 11.2 Å². The molecule has 2 N–H and O–H groups in total. The summed E-state index contributed by atoms with van der Waals surface area (Å²) in [5.41, 5.74) is 1.07. The molecule has 1 heterocycles. The molecule has 2 aliphatic rings. The van der Waals surface area contributed by atoms with Crippen LogP contribution >= 0.6 is 0 Å². The summed E-state index contributed by atoms with van der Waals surface area (Å²) in [5.74, 6) is 1.41. The number of phenolic OH excluding ortho intramolecular Hbond substituents is 1. The van der Waals surface area contributed by atoms with Crippen molar-refractivity contribution in [3.05, 3.63) is 29.8 Å². The van der Waals surface area contributed by atoms with Crippen LogP contribution in [0.25, 0.3) is 0 Å². The van der Waals surface area contributed by atoms with Crippen molar-refractivity contribution in [2.24, 2.45) is 11.8 Å². The van der Waals surface area contributed by atoms with Gasteiger partial charge >= 0.3 is 0 Å². The van der Waals surface area contributed by atoms with Gasteiger partial charge in [-0.1, -0.05) is 12.1 Å². The van der Waals surface area contributed by atoms with Crippen LogP contribution in [-0.4, -0.2) is 65.3 Å². The molecule has 0 radical (unpaired) electrons. The van der Waals surface area contributed by atoms with Crippen molar-refractivity contribution in [1.82, 2.24) is 9.80 Å². The Hall–Kier alpha value is -1.59. The monoisotopic (exact) mass is 332 g/mol. The number of benzene rings is 1. The molecule has 0 bridgehead atoms. The second-order valence-corrected chi connectivity index (χ2v) is 7.56. The third-order valence-corrected chi connectivity index (χ3v) is 5.69. The molecule has 24 heavy (non-hydrogen) atoms. The predicted octanol–water partition coefficient (Wildman–Crippen LogP) is 1.48. The van der Waals surface area contributed by atoms with Gasteiger partial charge in [-0.3, -0.25) is 4.79 Å². The number of amides is 1. The van der Waals surface area contributed by atoms with E-state index in [0.29, 0.717) is 24.7 Å². The number of fused-ring (bicyclic) bond motifs is 1. The van der Waals surface area contributed by atoms with E-state index in [1.54, 1.807) is 12.1 Å². The first-order chi connectivity index (χ1) is 11.4. The maximum atomic E-state index is 12.5. The maximum Gasteiger partial charge on any atom is 0.222 e. The molecule has 132 valence electrons. The van der Waals surface area contributed by atoms with Gasteiger partial charge in [-0.25, -0.2) is 0 Å². The number of aliphatic hydroxyl groups excluding tert-OH is 1. The zero-order chi connectivity index (χ0) is 17.3. The minimum atomic E-state index is -0.284. The number of carbonyl (C=O) groups excluding carboxylic acids is 1. The third-order valence-electron chi connectivity index (χ3n) is 5.69. The van der Waals surface area contributed by atoms with Gasteiger partial charge in [0.2, 0.25) is 5.91 Å². The van der Waals surface area contributed by atoms with Gasteiger partial charge in [-0.15, -0.1) is 0 Å². The average molecular weight is 332 g/mol. The zero-order valence-electron chi connectivity index (χ0n) is 14.6. The summed E-state index contributed by atoms with van der Waals surface area (Å²) < 4.78 is 0. The summed E-state index contributed by atoms with van der Waals surface area (Å²) in [6.07, 6.45) is 2.70. The first kappa shape index (κ1) is 17.2. The molecule has 1 aliphatic heterocycles. The summed E-state index contributed by atoms with van der Waals surface area (Å²) in [6, 6.07) is 7.26. The Labute approximate surface area is 143 Å². The SMILES string of the molecule is CN(C)[C@@H]1C[C@@H]2CN(C(=O)CCc3ccc(O)cc3)C[C@@H]2C[C@H]1O. The zero-order valence-corrected chi connectivity index (χ0v) is 14.6.